The smallest absolute Gasteiger partial charge is 0.322 e. The molecule has 2 aromatic rings. The van der Waals surface area contributed by atoms with Crippen LogP contribution in [0.2, 0.25) is 10.0 Å². The zero-order valence-electron chi connectivity index (χ0n) is 13.8. The number of carbonyl (C=O) groups excluding carboxylic acids is 2. The van der Waals surface area contributed by atoms with E-state index in [-0.39, 0.29) is 23.4 Å². The van der Waals surface area contributed by atoms with Crippen LogP contribution in [-0.4, -0.2) is 18.5 Å². The van der Waals surface area contributed by atoms with E-state index in [1.165, 1.54) is 6.07 Å². The molecule has 0 saturated heterocycles. The highest BCUT2D eigenvalue weighted by Gasteiger charge is 2.35. The summed E-state index contributed by atoms with van der Waals surface area (Å²) < 4.78 is 19.3. The van der Waals surface area contributed by atoms with Crippen molar-refractivity contribution in [1.82, 2.24) is 0 Å². The van der Waals surface area contributed by atoms with Gasteiger partial charge in [0.05, 0.1) is 6.61 Å². The lowest BCUT2D eigenvalue weighted by molar-refractivity contribution is -0.149. The number of halogens is 3. The van der Waals surface area contributed by atoms with E-state index in [1.807, 2.05) is 0 Å². The number of carbonyl (C=O) groups is 2. The van der Waals surface area contributed by atoms with Crippen LogP contribution in [0.25, 0.3) is 5.57 Å². The molecular weight excluding hydrogens is 380 g/mol. The van der Waals surface area contributed by atoms with Gasteiger partial charge >= 0.3 is 5.97 Å². The molecule has 2 aromatic carbocycles. The average molecular weight is 394 g/mol. The van der Waals surface area contributed by atoms with Gasteiger partial charge in [0.15, 0.2) is 11.7 Å². The van der Waals surface area contributed by atoms with Gasteiger partial charge in [-0.15, -0.1) is 0 Å². The molecule has 1 aliphatic heterocycles. The molecule has 0 bridgehead atoms. The fourth-order valence-corrected chi connectivity index (χ4v) is 3.32. The Morgan fingerprint density at radius 1 is 1.27 bits per heavy atom. The van der Waals surface area contributed by atoms with Crippen molar-refractivity contribution in [2.24, 2.45) is 10.9 Å². The summed E-state index contributed by atoms with van der Waals surface area (Å²) in [4.78, 5) is 28.6. The molecule has 0 saturated carbocycles. The van der Waals surface area contributed by atoms with Crippen LogP contribution in [0.3, 0.4) is 0 Å². The minimum absolute atomic E-state index is 0.110. The van der Waals surface area contributed by atoms with Crippen molar-refractivity contribution in [2.75, 3.05) is 6.61 Å². The van der Waals surface area contributed by atoms with Crippen LogP contribution in [0.15, 0.2) is 41.4 Å². The number of amides is 1. The Morgan fingerprint density at radius 2 is 2.00 bits per heavy atom. The molecule has 0 spiro atoms. The summed E-state index contributed by atoms with van der Waals surface area (Å²) in [6.07, 6.45) is 0.164. The summed E-state index contributed by atoms with van der Waals surface area (Å²) in [5.41, 5.74) is 1.06. The van der Waals surface area contributed by atoms with Crippen molar-refractivity contribution >= 4 is 40.7 Å². The minimum atomic E-state index is -1.25. The van der Waals surface area contributed by atoms with E-state index in [0.29, 0.717) is 21.4 Å². The Kier molecular flexibility index (Phi) is 5.39. The average Bonchev–Trinajstić information content (AvgIpc) is 2.58. The van der Waals surface area contributed by atoms with Crippen molar-refractivity contribution in [3.8, 4) is 0 Å². The van der Waals surface area contributed by atoms with Gasteiger partial charge in [-0.25, -0.2) is 9.38 Å². The zero-order chi connectivity index (χ0) is 18.8. The van der Waals surface area contributed by atoms with Crippen molar-refractivity contribution < 1.29 is 18.7 Å². The topological polar surface area (TPSA) is 55.7 Å². The molecule has 3 rings (SSSR count). The third-order valence-electron chi connectivity index (χ3n) is 4.05. The van der Waals surface area contributed by atoms with Crippen molar-refractivity contribution in [2.45, 2.75) is 13.3 Å². The molecule has 1 atom stereocenters. The van der Waals surface area contributed by atoms with Crippen LogP contribution >= 0.6 is 23.2 Å². The Morgan fingerprint density at radius 3 is 2.69 bits per heavy atom. The third-order valence-corrected chi connectivity index (χ3v) is 4.64. The van der Waals surface area contributed by atoms with Gasteiger partial charge in [-0.1, -0.05) is 41.4 Å². The lowest BCUT2D eigenvalue weighted by Gasteiger charge is -2.20. The Labute approximate surface area is 158 Å². The number of nitrogens with zero attached hydrogens (tertiary/aromatic N) is 1. The maximum absolute atomic E-state index is 14.3. The van der Waals surface area contributed by atoms with Gasteiger partial charge in [0.2, 0.25) is 0 Å². The Balaban J connectivity index is 2.28. The second kappa shape index (κ2) is 7.56. The van der Waals surface area contributed by atoms with E-state index < -0.39 is 23.6 Å². The maximum atomic E-state index is 14.3. The monoisotopic (exact) mass is 393 g/mol. The van der Waals surface area contributed by atoms with E-state index >= 15 is 0 Å². The first kappa shape index (κ1) is 18.5. The lowest BCUT2D eigenvalue weighted by Crippen LogP contribution is -2.43. The van der Waals surface area contributed by atoms with Crippen molar-refractivity contribution in [3.05, 3.63) is 68.4 Å². The largest absolute Gasteiger partial charge is 0.465 e. The van der Waals surface area contributed by atoms with Gasteiger partial charge in [-0.3, -0.25) is 9.59 Å². The number of hydrogen-bond donors (Lipinski definition) is 0. The van der Waals surface area contributed by atoms with Crippen molar-refractivity contribution in [3.63, 3.8) is 0 Å². The number of hydrogen-bond acceptors (Lipinski definition) is 3. The van der Waals surface area contributed by atoms with Gasteiger partial charge in [-0.2, -0.15) is 0 Å². The number of fused-ring (bicyclic) bond motifs is 1. The van der Waals surface area contributed by atoms with Gasteiger partial charge in [0.25, 0.3) is 5.91 Å². The first-order valence-electron chi connectivity index (χ1n) is 7.93. The predicted molar refractivity (Wildman–Crippen MR) is 95.9 cm³/mol. The Bertz CT molecular complexity index is 1020. The molecule has 0 N–H and O–H groups in total. The predicted octanol–water partition coefficient (Wildman–Crippen LogP) is 2.87. The summed E-state index contributed by atoms with van der Waals surface area (Å²) in [7, 11) is 0. The Hall–Kier alpha value is -2.24. The summed E-state index contributed by atoms with van der Waals surface area (Å²) >= 11 is 12.2. The molecule has 4 nitrogen and oxygen atoms in total. The molecule has 1 unspecified atom stereocenters. The van der Waals surface area contributed by atoms with Crippen LogP contribution in [0.5, 0.6) is 0 Å². The highest BCUT2D eigenvalue weighted by Crippen LogP contribution is 2.26. The van der Waals surface area contributed by atoms with E-state index in [0.717, 1.165) is 6.07 Å². The van der Waals surface area contributed by atoms with E-state index in [2.05, 4.69) is 4.99 Å². The van der Waals surface area contributed by atoms with Crippen LogP contribution < -0.4 is 10.6 Å². The molecule has 1 heterocycles. The molecule has 0 aromatic heterocycles. The number of benzene rings is 2. The number of esters is 1. The van der Waals surface area contributed by atoms with E-state index in [9.17, 15) is 14.0 Å². The second-order valence-corrected chi connectivity index (χ2v) is 6.56. The molecule has 0 aliphatic carbocycles. The maximum Gasteiger partial charge on any atom is 0.322 e. The van der Waals surface area contributed by atoms with E-state index in [1.54, 1.807) is 31.2 Å². The highest BCUT2D eigenvalue weighted by atomic mass is 35.5. The standard InChI is InChI=1S/C19H14Cl2FNO3/c1-2-26-19(25)16-12(7-10-5-3-4-6-14(10)21)13-8-11(20)9-15(22)17(13)23-18(16)24/h3-6,8-9,16H,2,7H2,1H3. The molecular formula is C19H14Cl2FNO3. The fourth-order valence-electron chi connectivity index (χ4n) is 2.92. The van der Waals surface area contributed by atoms with Gasteiger partial charge < -0.3 is 4.74 Å². The van der Waals surface area contributed by atoms with Gasteiger partial charge in [-0.05, 0) is 42.7 Å². The van der Waals surface area contributed by atoms with E-state index in [4.69, 9.17) is 27.9 Å². The zero-order valence-corrected chi connectivity index (χ0v) is 15.3. The van der Waals surface area contributed by atoms with Crippen LogP contribution in [0.1, 0.15) is 12.5 Å². The number of ether oxygens (including phenoxy) is 1. The summed E-state index contributed by atoms with van der Waals surface area (Å²) in [6.45, 7) is 1.75. The first-order valence-corrected chi connectivity index (χ1v) is 8.68. The van der Waals surface area contributed by atoms with Crippen LogP contribution in [0.4, 0.5) is 4.39 Å². The van der Waals surface area contributed by atoms with Crippen molar-refractivity contribution in [1.29, 1.82) is 0 Å². The normalized spacial score (nSPS) is 16.1. The molecule has 0 fully saturated rings. The second-order valence-electron chi connectivity index (χ2n) is 5.71. The van der Waals surface area contributed by atoms with Crippen LogP contribution in [-0.2, 0) is 20.7 Å². The van der Waals surface area contributed by atoms with Gasteiger partial charge in [0.1, 0.15) is 5.36 Å². The number of rotatable bonds is 4. The molecule has 1 amide bonds. The molecule has 7 heteroatoms. The third kappa shape index (κ3) is 3.50. The molecule has 26 heavy (non-hydrogen) atoms. The fraction of sp³-hybridized carbons (Fsp3) is 0.211. The SMILES string of the molecule is CCOC(=O)C1C(=O)N=c2c(F)cc(Cl)cc2=C1Cc1ccccc1Cl. The lowest BCUT2D eigenvalue weighted by atomic mass is 9.88. The van der Waals surface area contributed by atoms with Crippen LogP contribution in [0, 0.1) is 11.7 Å². The molecule has 1 aliphatic rings. The summed E-state index contributed by atoms with van der Waals surface area (Å²) in [5, 5.41) is 0.807. The first-order chi connectivity index (χ1) is 12.4. The van der Waals surface area contributed by atoms with Gasteiger partial charge in [0, 0.05) is 15.3 Å². The minimum Gasteiger partial charge on any atom is -0.465 e. The summed E-state index contributed by atoms with van der Waals surface area (Å²) in [6, 6.07) is 9.60. The molecule has 0 radical (unpaired) electrons. The summed E-state index contributed by atoms with van der Waals surface area (Å²) in [5.74, 6) is -3.47. The quantitative estimate of drug-likeness (QED) is 0.592. The molecule has 134 valence electrons. The highest BCUT2D eigenvalue weighted by molar-refractivity contribution is 6.31.